The molecule has 1 saturated heterocycles. The van der Waals surface area contributed by atoms with Crippen molar-refractivity contribution in [3.8, 4) is 0 Å². The molecule has 1 nitrogen and oxygen atoms in total. The zero-order chi connectivity index (χ0) is 7.07. The van der Waals surface area contributed by atoms with Gasteiger partial charge in [-0.15, -0.1) is 0 Å². The van der Waals surface area contributed by atoms with E-state index in [-0.39, 0.29) is 5.41 Å². The van der Waals surface area contributed by atoms with Crippen molar-refractivity contribution in [2.45, 2.75) is 20.8 Å². The molecular weight excluding hydrogens is 112 g/mol. The number of allylic oxidation sites excluding steroid dienone is 1. The molecule has 1 heteroatoms. The third-order valence-electron chi connectivity index (χ3n) is 2.46. The second-order valence-electron chi connectivity index (χ2n) is 3.36. The monoisotopic (exact) mass is 126 g/mol. The molecule has 9 heavy (non-hydrogen) atoms. The minimum Gasteiger partial charge on any atom is -0.498 e. The minimum absolute atomic E-state index is 0.194. The molecule has 0 radical (unpaired) electrons. The van der Waals surface area contributed by atoms with E-state index in [1.807, 2.05) is 0 Å². The molecule has 0 aromatic carbocycles. The normalized spacial score (nSPS) is 32.3. The maximum absolute atomic E-state index is 5.29. The summed E-state index contributed by atoms with van der Waals surface area (Å²) < 4.78 is 5.29. The van der Waals surface area contributed by atoms with Crippen LogP contribution in [0, 0.1) is 11.3 Å². The fourth-order valence-electron chi connectivity index (χ4n) is 0.895. The van der Waals surface area contributed by atoms with Crippen LogP contribution in [0.5, 0.6) is 0 Å². The molecule has 1 aliphatic heterocycles. The molecule has 0 N–H and O–H groups in total. The van der Waals surface area contributed by atoms with Gasteiger partial charge in [0, 0.05) is 11.3 Å². The maximum Gasteiger partial charge on any atom is 0.0948 e. The van der Waals surface area contributed by atoms with Gasteiger partial charge in [-0.1, -0.05) is 27.4 Å². The van der Waals surface area contributed by atoms with Crippen LogP contribution in [0.15, 0.2) is 12.3 Å². The van der Waals surface area contributed by atoms with Crippen molar-refractivity contribution in [2.24, 2.45) is 11.3 Å². The third kappa shape index (κ3) is 0.846. The summed E-state index contributed by atoms with van der Waals surface area (Å²) in [5.41, 5.74) is 0.194. The van der Waals surface area contributed by atoms with E-state index in [4.69, 9.17) is 4.74 Å². The Kier molecular flexibility index (Phi) is 1.30. The summed E-state index contributed by atoms with van der Waals surface area (Å²) in [6.45, 7) is 11.2. The highest BCUT2D eigenvalue weighted by atomic mass is 16.5. The first kappa shape index (κ1) is 6.66. The van der Waals surface area contributed by atoms with Gasteiger partial charge in [0.1, 0.15) is 0 Å². The minimum atomic E-state index is 0.194. The molecule has 52 valence electrons. The van der Waals surface area contributed by atoms with Crippen LogP contribution in [-0.4, -0.2) is 6.61 Å². The second kappa shape index (κ2) is 1.76. The first-order chi connectivity index (χ1) is 4.05. The van der Waals surface area contributed by atoms with Gasteiger partial charge < -0.3 is 4.74 Å². The Labute approximate surface area is 56.7 Å². The highest BCUT2D eigenvalue weighted by Crippen LogP contribution is 2.40. The van der Waals surface area contributed by atoms with Crippen LogP contribution in [0.2, 0.25) is 0 Å². The van der Waals surface area contributed by atoms with Crippen LogP contribution < -0.4 is 0 Å². The third-order valence-corrected chi connectivity index (χ3v) is 2.46. The van der Waals surface area contributed by atoms with E-state index < -0.39 is 0 Å². The molecule has 1 unspecified atom stereocenters. The SMILES string of the molecule is C=C1OCC(C)C1(C)C. The van der Waals surface area contributed by atoms with Gasteiger partial charge in [0.15, 0.2) is 0 Å². The van der Waals surface area contributed by atoms with Crippen LogP contribution >= 0.6 is 0 Å². The first-order valence-electron chi connectivity index (χ1n) is 3.37. The van der Waals surface area contributed by atoms with E-state index in [0.29, 0.717) is 5.92 Å². The predicted molar refractivity (Wildman–Crippen MR) is 38.0 cm³/mol. The Morgan fingerprint density at radius 1 is 1.67 bits per heavy atom. The molecule has 0 saturated carbocycles. The molecule has 0 aromatic rings. The van der Waals surface area contributed by atoms with Crippen molar-refractivity contribution in [1.29, 1.82) is 0 Å². The van der Waals surface area contributed by atoms with Crippen molar-refractivity contribution in [3.63, 3.8) is 0 Å². The van der Waals surface area contributed by atoms with Crippen molar-refractivity contribution in [1.82, 2.24) is 0 Å². The summed E-state index contributed by atoms with van der Waals surface area (Å²) in [6.07, 6.45) is 0. The Bertz CT molecular complexity index is 136. The zero-order valence-electron chi connectivity index (χ0n) is 6.40. The van der Waals surface area contributed by atoms with Gasteiger partial charge >= 0.3 is 0 Å². The van der Waals surface area contributed by atoms with Crippen molar-refractivity contribution >= 4 is 0 Å². The number of hydrogen-bond donors (Lipinski definition) is 0. The van der Waals surface area contributed by atoms with E-state index in [0.717, 1.165) is 12.4 Å². The molecular formula is C8H14O. The largest absolute Gasteiger partial charge is 0.498 e. The number of hydrogen-bond acceptors (Lipinski definition) is 1. The lowest BCUT2D eigenvalue weighted by atomic mass is 9.81. The van der Waals surface area contributed by atoms with Crippen molar-refractivity contribution < 1.29 is 4.74 Å². The van der Waals surface area contributed by atoms with E-state index in [9.17, 15) is 0 Å². The Hall–Kier alpha value is -0.460. The van der Waals surface area contributed by atoms with Crippen molar-refractivity contribution in [3.05, 3.63) is 12.3 Å². The standard InChI is InChI=1S/C8H14O/c1-6-5-9-7(2)8(6,3)4/h6H,2,5H2,1,3-4H3. The number of ether oxygens (including phenoxy) is 1. The van der Waals surface area contributed by atoms with Gasteiger partial charge in [-0.3, -0.25) is 0 Å². The molecule has 1 atom stereocenters. The van der Waals surface area contributed by atoms with E-state index in [1.54, 1.807) is 0 Å². The summed E-state index contributed by atoms with van der Waals surface area (Å²) in [5, 5.41) is 0. The lowest BCUT2D eigenvalue weighted by molar-refractivity contribution is 0.245. The first-order valence-corrected chi connectivity index (χ1v) is 3.37. The zero-order valence-corrected chi connectivity index (χ0v) is 6.40. The van der Waals surface area contributed by atoms with E-state index in [1.165, 1.54) is 0 Å². The summed E-state index contributed by atoms with van der Waals surface area (Å²) in [4.78, 5) is 0. The predicted octanol–water partition coefficient (Wildman–Crippen LogP) is 2.19. The van der Waals surface area contributed by atoms with E-state index in [2.05, 4.69) is 27.4 Å². The van der Waals surface area contributed by atoms with Crippen molar-refractivity contribution in [2.75, 3.05) is 6.61 Å². The van der Waals surface area contributed by atoms with Gasteiger partial charge in [-0.25, -0.2) is 0 Å². The quantitative estimate of drug-likeness (QED) is 0.483. The summed E-state index contributed by atoms with van der Waals surface area (Å²) >= 11 is 0. The average Bonchev–Trinajstić information content (AvgIpc) is 1.96. The summed E-state index contributed by atoms with van der Waals surface area (Å²) in [6, 6.07) is 0. The van der Waals surface area contributed by atoms with Crippen LogP contribution in [0.1, 0.15) is 20.8 Å². The Morgan fingerprint density at radius 2 is 2.22 bits per heavy atom. The smallest absolute Gasteiger partial charge is 0.0948 e. The molecule has 0 spiro atoms. The lowest BCUT2D eigenvalue weighted by Gasteiger charge is -2.20. The fraction of sp³-hybridized carbons (Fsp3) is 0.750. The van der Waals surface area contributed by atoms with Crippen LogP contribution in [0.4, 0.5) is 0 Å². The van der Waals surface area contributed by atoms with Crippen LogP contribution in [0.25, 0.3) is 0 Å². The fourth-order valence-corrected chi connectivity index (χ4v) is 0.895. The Morgan fingerprint density at radius 3 is 2.33 bits per heavy atom. The molecule has 1 rings (SSSR count). The average molecular weight is 126 g/mol. The summed E-state index contributed by atoms with van der Waals surface area (Å²) in [5.74, 6) is 1.56. The molecule has 0 bridgehead atoms. The molecule has 1 aliphatic rings. The van der Waals surface area contributed by atoms with Gasteiger partial charge in [0.2, 0.25) is 0 Å². The summed E-state index contributed by atoms with van der Waals surface area (Å²) in [7, 11) is 0. The molecule has 1 fully saturated rings. The maximum atomic E-state index is 5.29. The number of rotatable bonds is 0. The molecule has 0 aliphatic carbocycles. The van der Waals surface area contributed by atoms with Crippen LogP contribution in [-0.2, 0) is 4.74 Å². The molecule has 1 heterocycles. The topological polar surface area (TPSA) is 9.23 Å². The molecule has 0 aromatic heterocycles. The molecule has 0 amide bonds. The second-order valence-corrected chi connectivity index (χ2v) is 3.36. The van der Waals surface area contributed by atoms with E-state index >= 15 is 0 Å². The van der Waals surface area contributed by atoms with Gasteiger partial charge in [0.05, 0.1) is 12.4 Å². The van der Waals surface area contributed by atoms with Gasteiger partial charge in [-0.2, -0.15) is 0 Å². The highest BCUT2D eigenvalue weighted by Gasteiger charge is 2.36. The highest BCUT2D eigenvalue weighted by molar-refractivity contribution is 5.05. The Balaban J connectivity index is 2.78. The van der Waals surface area contributed by atoms with Gasteiger partial charge in [-0.05, 0) is 0 Å². The lowest BCUT2D eigenvalue weighted by Crippen LogP contribution is -2.16. The van der Waals surface area contributed by atoms with Crippen LogP contribution in [0.3, 0.4) is 0 Å². The van der Waals surface area contributed by atoms with Gasteiger partial charge in [0.25, 0.3) is 0 Å².